The predicted molar refractivity (Wildman–Crippen MR) is 137 cm³/mol. The van der Waals surface area contributed by atoms with E-state index in [1.807, 2.05) is 47.4 Å². The molecular formula is C25H24ClF2N5S. The van der Waals surface area contributed by atoms with Gasteiger partial charge in [-0.15, -0.1) is 0 Å². The number of hydrogen-bond donors (Lipinski definition) is 2. The number of benzene rings is 3. The van der Waals surface area contributed by atoms with Gasteiger partial charge in [-0.25, -0.2) is 8.78 Å². The van der Waals surface area contributed by atoms with Gasteiger partial charge in [0.05, 0.1) is 17.9 Å². The van der Waals surface area contributed by atoms with Gasteiger partial charge in [0, 0.05) is 42.8 Å². The summed E-state index contributed by atoms with van der Waals surface area (Å²) in [5, 5.41) is 4.37. The molecule has 176 valence electrons. The molecule has 5 nitrogen and oxygen atoms in total. The summed E-state index contributed by atoms with van der Waals surface area (Å²) in [7, 11) is 0. The summed E-state index contributed by atoms with van der Waals surface area (Å²) in [6.45, 7) is 2.37. The van der Waals surface area contributed by atoms with Crippen molar-refractivity contribution < 1.29 is 8.78 Å². The van der Waals surface area contributed by atoms with E-state index in [1.165, 1.54) is 6.07 Å². The van der Waals surface area contributed by atoms with Crippen LogP contribution in [0.4, 0.5) is 14.5 Å². The number of thiocarbonyl (C=S) groups is 1. The molecular weight excluding hydrogens is 476 g/mol. The molecule has 1 aliphatic heterocycles. The Balaban J connectivity index is 1.59. The third-order valence-corrected chi connectivity index (χ3v) is 6.25. The van der Waals surface area contributed by atoms with Gasteiger partial charge in [-0.1, -0.05) is 60.1 Å². The molecule has 0 unspecified atom stereocenters. The SMILES string of the molecule is NC(=S)NN=Cc1cc(F)c(N2CCN(Cc3ccccc3Cl)[C@H](c3ccccc3)C2)cc1F. The van der Waals surface area contributed by atoms with E-state index in [9.17, 15) is 4.39 Å². The largest absolute Gasteiger partial charge is 0.375 e. The average molecular weight is 500 g/mol. The smallest absolute Gasteiger partial charge is 0.184 e. The molecule has 0 amide bonds. The van der Waals surface area contributed by atoms with Crippen molar-refractivity contribution in [3.05, 3.63) is 100 Å². The second-order valence-corrected chi connectivity index (χ2v) is 8.84. The Morgan fingerprint density at radius 2 is 1.82 bits per heavy atom. The fourth-order valence-corrected chi connectivity index (χ4v) is 4.37. The monoisotopic (exact) mass is 499 g/mol. The Bertz CT molecular complexity index is 1190. The first-order chi connectivity index (χ1) is 16.4. The van der Waals surface area contributed by atoms with Crippen LogP contribution in [0.2, 0.25) is 5.02 Å². The van der Waals surface area contributed by atoms with Gasteiger partial charge >= 0.3 is 0 Å². The van der Waals surface area contributed by atoms with Crippen LogP contribution in [-0.2, 0) is 6.54 Å². The number of hydrazone groups is 1. The van der Waals surface area contributed by atoms with Crippen LogP contribution in [0.25, 0.3) is 0 Å². The Morgan fingerprint density at radius 3 is 2.56 bits per heavy atom. The maximum atomic E-state index is 15.1. The standard InChI is InChI=1S/C25H24ClF2N5S/c26-20-9-5-4-8-18(20)15-32-10-11-33(16-24(32)17-6-2-1-3-7-17)23-13-21(27)19(12-22(23)28)14-30-31-25(29)34/h1-9,12-14,24H,10-11,15-16H2,(H3,29,31,34)/t24-/m0/s1. The summed E-state index contributed by atoms with van der Waals surface area (Å²) in [6, 6.07) is 20.1. The quantitative estimate of drug-likeness (QED) is 0.288. The predicted octanol–water partition coefficient (Wildman–Crippen LogP) is 4.85. The molecule has 3 N–H and O–H groups in total. The summed E-state index contributed by atoms with van der Waals surface area (Å²) in [6.07, 6.45) is 1.15. The number of nitrogens with one attached hydrogen (secondary N) is 1. The Labute approximate surface area is 207 Å². The topological polar surface area (TPSA) is 56.9 Å². The minimum absolute atomic E-state index is 0.00182. The van der Waals surface area contributed by atoms with Crippen LogP contribution in [0.1, 0.15) is 22.7 Å². The summed E-state index contributed by atoms with van der Waals surface area (Å²) < 4.78 is 29.8. The third-order valence-electron chi connectivity index (χ3n) is 5.79. The van der Waals surface area contributed by atoms with Gasteiger partial charge in [0.1, 0.15) is 11.6 Å². The zero-order chi connectivity index (χ0) is 24.1. The molecule has 1 heterocycles. The summed E-state index contributed by atoms with van der Waals surface area (Å²) in [4.78, 5) is 4.21. The second kappa shape index (κ2) is 10.9. The van der Waals surface area contributed by atoms with Crippen molar-refractivity contribution in [2.45, 2.75) is 12.6 Å². The Hall–Kier alpha value is -3.07. The van der Waals surface area contributed by atoms with E-state index in [2.05, 4.69) is 39.8 Å². The van der Waals surface area contributed by atoms with Gasteiger partial charge in [-0.3, -0.25) is 10.3 Å². The van der Waals surface area contributed by atoms with Crippen molar-refractivity contribution in [2.75, 3.05) is 24.5 Å². The number of nitrogens with zero attached hydrogens (tertiary/aromatic N) is 3. The van der Waals surface area contributed by atoms with Crippen molar-refractivity contribution in [1.82, 2.24) is 10.3 Å². The summed E-state index contributed by atoms with van der Waals surface area (Å²) in [5.74, 6) is -1.11. The molecule has 0 aliphatic carbocycles. The lowest BCUT2D eigenvalue weighted by Crippen LogP contribution is -2.48. The lowest BCUT2D eigenvalue weighted by Gasteiger charge is -2.43. The van der Waals surface area contributed by atoms with Crippen LogP contribution in [0, 0.1) is 11.6 Å². The average Bonchev–Trinajstić information content (AvgIpc) is 2.83. The van der Waals surface area contributed by atoms with Crippen molar-refractivity contribution in [3.8, 4) is 0 Å². The summed E-state index contributed by atoms with van der Waals surface area (Å²) >= 11 is 11.1. The van der Waals surface area contributed by atoms with Crippen molar-refractivity contribution >= 4 is 40.8 Å². The minimum Gasteiger partial charge on any atom is -0.375 e. The number of anilines is 1. The number of rotatable bonds is 6. The molecule has 0 saturated carbocycles. The molecule has 9 heteroatoms. The number of hydrogen-bond acceptors (Lipinski definition) is 4. The third kappa shape index (κ3) is 5.70. The van der Waals surface area contributed by atoms with E-state index in [1.54, 1.807) is 0 Å². The van der Waals surface area contributed by atoms with Crippen molar-refractivity contribution in [3.63, 3.8) is 0 Å². The molecule has 4 rings (SSSR count). The number of halogens is 3. The lowest BCUT2D eigenvalue weighted by atomic mass is 10.0. The van der Waals surface area contributed by atoms with Gasteiger partial charge in [-0.05, 0) is 35.5 Å². The maximum Gasteiger partial charge on any atom is 0.184 e. The highest BCUT2D eigenvalue weighted by molar-refractivity contribution is 7.80. The maximum absolute atomic E-state index is 15.1. The van der Waals surface area contributed by atoms with E-state index in [4.69, 9.17) is 17.3 Å². The van der Waals surface area contributed by atoms with Crippen LogP contribution in [0.5, 0.6) is 0 Å². The van der Waals surface area contributed by atoms with Crippen molar-refractivity contribution in [2.24, 2.45) is 10.8 Å². The second-order valence-electron chi connectivity index (χ2n) is 7.99. The van der Waals surface area contributed by atoms with Crippen molar-refractivity contribution in [1.29, 1.82) is 0 Å². The van der Waals surface area contributed by atoms with E-state index in [-0.39, 0.29) is 22.4 Å². The van der Waals surface area contributed by atoms with Crippen LogP contribution in [0.15, 0.2) is 71.8 Å². The van der Waals surface area contributed by atoms with Gasteiger partial charge in [0.2, 0.25) is 0 Å². The fraction of sp³-hybridized carbons (Fsp3) is 0.200. The van der Waals surface area contributed by atoms with Gasteiger partial charge < -0.3 is 10.6 Å². The molecule has 3 aromatic carbocycles. The van der Waals surface area contributed by atoms with E-state index >= 15 is 4.39 Å². The molecule has 3 aromatic rings. The van der Waals surface area contributed by atoms with Crippen LogP contribution in [-0.4, -0.2) is 35.9 Å². The van der Waals surface area contributed by atoms with Crippen LogP contribution in [0.3, 0.4) is 0 Å². The number of nitrogens with two attached hydrogens (primary N) is 1. The van der Waals surface area contributed by atoms with Crippen LogP contribution >= 0.6 is 23.8 Å². The Morgan fingerprint density at radius 1 is 1.09 bits per heavy atom. The lowest BCUT2D eigenvalue weighted by molar-refractivity contribution is 0.168. The zero-order valence-electron chi connectivity index (χ0n) is 18.3. The molecule has 34 heavy (non-hydrogen) atoms. The van der Waals surface area contributed by atoms with E-state index in [0.717, 1.165) is 23.4 Å². The highest BCUT2D eigenvalue weighted by Crippen LogP contribution is 2.32. The number of piperazine rings is 1. The van der Waals surface area contributed by atoms with Gasteiger partial charge in [0.15, 0.2) is 5.11 Å². The minimum atomic E-state index is -0.584. The molecule has 0 spiro atoms. The highest BCUT2D eigenvalue weighted by Gasteiger charge is 2.30. The molecule has 1 fully saturated rings. The Kier molecular flexibility index (Phi) is 7.72. The molecule has 1 atom stereocenters. The zero-order valence-corrected chi connectivity index (χ0v) is 19.9. The van der Waals surface area contributed by atoms with Crippen LogP contribution < -0.4 is 16.1 Å². The highest BCUT2D eigenvalue weighted by atomic mass is 35.5. The molecule has 1 aliphatic rings. The first-order valence-electron chi connectivity index (χ1n) is 10.8. The summed E-state index contributed by atoms with van der Waals surface area (Å²) in [5.41, 5.74) is 9.99. The van der Waals surface area contributed by atoms with Gasteiger partial charge in [0.25, 0.3) is 0 Å². The molecule has 0 bridgehead atoms. The normalized spacial score (nSPS) is 16.7. The molecule has 0 aromatic heterocycles. The molecule has 0 radical (unpaired) electrons. The molecule has 1 saturated heterocycles. The fourth-order valence-electron chi connectivity index (χ4n) is 4.12. The van der Waals surface area contributed by atoms with E-state index < -0.39 is 11.6 Å². The first-order valence-corrected chi connectivity index (χ1v) is 11.6. The van der Waals surface area contributed by atoms with Gasteiger partial charge in [-0.2, -0.15) is 5.10 Å². The van der Waals surface area contributed by atoms with E-state index in [0.29, 0.717) is 31.2 Å². The first kappa shape index (κ1) is 24.1.